The van der Waals surface area contributed by atoms with Crippen LogP contribution in [0.4, 0.5) is 0 Å². The van der Waals surface area contributed by atoms with Gasteiger partial charge in [0.25, 0.3) is 0 Å². The molecule has 0 radical (unpaired) electrons. The predicted molar refractivity (Wildman–Crippen MR) is 92.3 cm³/mol. The highest BCUT2D eigenvalue weighted by atomic mass is 79.9. The number of nitrogens with zero attached hydrogens (tertiary/aromatic N) is 4. The second kappa shape index (κ2) is 6.62. The lowest BCUT2D eigenvalue weighted by atomic mass is 10.1. The fraction of sp³-hybridized carbons (Fsp3) is 0.188. The Morgan fingerprint density at radius 3 is 2.82 bits per heavy atom. The third kappa shape index (κ3) is 3.39. The van der Waals surface area contributed by atoms with Gasteiger partial charge >= 0.3 is 0 Å². The molecule has 0 aliphatic heterocycles. The molecule has 1 aromatic heterocycles. The molecule has 4 nitrogen and oxygen atoms in total. The van der Waals surface area contributed by atoms with E-state index in [1.165, 1.54) is 11.1 Å². The summed E-state index contributed by atoms with van der Waals surface area (Å²) in [5.74, 6) is 0.824. The Labute approximate surface area is 142 Å². The Morgan fingerprint density at radius 1 is 1.14 bits per heavy atom. The average molecular weight is 375 g/mol. The van der Waals surface area contributed by atoms with Gasteiger partial charge in [-0.2, -0.15) is 4.68 Å². The Morgan fingerprint density at radius 2 is 2.00 bits per heavy atom. The van der Waals surface area contributed by atoms with Gasteiger partial charge in [0.1, 0.15) is 0 Å². The second-order valence-corrected chi connectivity index (χ2v) is 6.94. The molecule has 0 amide bonds. The number of tetrazole rings is 1. The van der Waals surface area contributed by atoms with E-state index in [9.17, 15) is 0 Å². The summed E-state index contributed by atoms with van der Waals surface area (Å²) in [6, 6.07) is 14.6. The van der Waals surface area contributed by atoms with Crippen LogP contribution >= 0.6 is 27.7 Å². The smallest absolute Gasteiger partial charge is 0.187 e. The maximum Gasteiger partial charge on any atom is 0.214 e. The van der Waals surface area contributed by atoms with E-state index in [2.05, 4.69) is 75.6 Å². The zero-order chi connectivity index (χ0) is 15.5. The number of aryl methyl sites for hydroxylation is 2. The van der Waals surface area contributed by atoms with Gasteiger partial charge in [-0.15, -0.1) is 5.10 Å². The minimum atomic E-state index is 0.800. The molecule has 6 heteroatoms. The zero-order valence-electron chi connectivity index (χ0n) is 12.3. The summed E-state index contributed by atoms with van der Waals surface area (Å²) in [7, 11) is 0. The Kier molecular flexibility index (Phi) is 4.59. The van der Waals surface area contributed by atoms with Gasteiger partial charge in [-0.25, -0.2) is 0 Å². The molecule has 22 heavy (non-hydrogen) atoms. The molecular weight excluding hydrogens is 360 g/mol. The van der Waals surface area contributed by atoms with E-state index < -0.39 is 0 Å². The number of hydrogen-bond acceptors (Lipinski definition) is 4. The normalized spacial score (nSPS) is 10.9. The Balaban J connectivity index is 1.85. The van der Waals surface area contributed by atoms with E-state index in [0.717, 1.165) is 26.6 Å². The monoisotopic (exact) mass is 374 g/mol. The van der Waals surface area contributed by atoms with Crippen molar-refractivity contribution >= 4 is 27.7 Å². The molecule has 0 fully saturated rings. The molecule has 0 atom stereocenters. The van der Waals surface area contributed by atoms with Crippen LogP contribution < -0.4 is 0 Å². The molecule has 0 aliphatic carbocycles. The summed E-state index contributed by atoms with van der Waals surface area (Å²) in [4.78, 5) is 0. The topological polar surface area (TPSA) is 43.6 Å². The van der Waals surface area contributed by atoms with Crippen molar-refractivity contribution in [2.75, 3.05) is 0 Å². The van der Waals surface area contributed by atoms with Crippen LogP contribution in [0.2, 0.25) is 0 Å². The SMILES string of the molecule is Cc1ccc(C)c(-n2nnnc2SCc2cccc(Br)c2)c1. The van der Waals surface area contributed by atoms with E-state index in [4.69, 9.17) is 0 Å². The number of thioether (sulfide) groups is 1. The predicted octanol–water partition coefficient (Wildman–Crippen LogP) is 4.33. The second-order valence-electron chi connectivity index (χ2n) is 5.08. The lowest BCUT2D eigenvalue weighted by Crippen LogP contribution is -2.02. The highest BCUT2D eigenvalue weighted by Gasteiger charge is 2.11. The molecule has 112 valence electrons. The van der Waals surface area contributed by atoms with Crippen LogP contribution in [0.25, 0.3) is 5.69 Å². The Hall–Kier alpha value is -1.66. The summed E-state index contributed by atoms with van der Waals surface area (Å²) in [5.41, 5.74) is 4.61. The van der Waals surface area contributed by atoms with Gasteiger partial charge in [-0.05, 0) is 59.2 Å². The standard InChI is InChI=1S/C16H15BrN4S/c1-11-6-7-12(2)15(8-11)21-16(18-19-20-21)22-10-13-4-3-5-14(17)9-13/h3-9H,10H2,1-2H3. The minimum absolute atomic E-state index is 0.800. The van der Waals surface area contributed by atoms with Crippen molar-refractivity contribution in [1.82, 2.24) is 20.2 Å². The minimum Gasteiger partial charge on any atom is -0.187 e. The van der Waals surface area contributed by atoms with Crippen LogP contribution in [-0.4, -0.2) is 20.2 Å². The molecule has 0 unspecified atom stereocenters. The summed E-state index contributed by atoms with van der Waals surface area (Å²) in [6.07, 6.45) is 0. The molecule has 0 bridgehead atoms. The molecule has 2 aromatic carbocycles. The van der Waals surface area contributed by atoms with Gasteiger partial charge in [0.05, 0.1) is 5.69 Å². The summed E-state index contributed by atoms with van der Waals surface area (Å²) in [6.45, 7) is 4.14. The summed E-state index contributed by atoms with van der Waals surface area (Å²) in [5, 5.41) is 12.9. The molecule has 0 saturated heterocycles. The number of benzene rings is 2. The third-order valence-electron chi connectivity index (χ3n) is 3.29. The van der Waals surface area contributed by atoms with Crippen LogP contribution in [0.1, 0.15) is 16.7 Å². The highest BCUT2D eigenvalue weighted by molar-refractivity contribution is 9.10. The fourth-order valence-electron chi connectivity index (χ4n) is 2.14. The van der Waals surface area contributed by atoms with Crippen molar-refractivity contribution in [3.8, 4) is 5.69 Å². The first kappa shape index (κ1) is 15.2. The molecule has 0 N–H and O–H groups in total. The van der Waals surface area contributed by atoms with E-state index in [1.807, 2.05) is 16.8 Å². The quantitative estimate of drug-likeness (QED) is 0.637. The van der Waals surface area contributed by atoms with Crippen LogP contribution in [0.5, 0.6) is 0 Å². The molecule has 0 saturated carbocycles. The van der Waals surface area contributed by atoms with Crippen molar-refractivity contribution in [2.24, 2.45) is 0 Å². The molecule has 3 rings (SSSR count). The van der Waals surface area contributed by atoms with Gasteiger partial charge < -0.3 is 0 Å². The highest BCUT2D eigenvalue weighted by Crippen LogP contribution is 2.25. The van der Waals surface area contributed by atoms with Gasteiger partial charge in [-0.3, -0.25) is 0 Å². The fourth-order valence-corrected chi connectivity index (χ4v) is 3.42. The third-order valence-corrected chi connectivity index (χ3v) is 4.77. The number of aromatic nitrogens is 4. The van der Waals surface area contributed by atoms with E-state index in [1.54, 1.807) is 11.8 Å². The van der Waals surface area contributed by atoms with Gasteiger partial charge in [0.15, 0.2) is 0 Å². The number of rotatable bonds is 4. The van der Waals surface area contributed by atoms with Crippen LogP contribution in [-0.2, 0) is 5.75 Å². The largest absolute Gasteiger partial charge is 0.214 e. The van der Waals surface area contributed by atoms with Crippen LogP contribution in [0, 0.1) is 13.8 Å². The van der Waals surface area contributed by atoms with Gasteiger partial charge in [0.2, 0.25) is 5.16 Å². The van der Waals surface area contributed by atoms with Crippen LogP contribution in [0.3, 0.4) is 0 Å². The first-order valence-corrected chi connectivity index (χ1v) is 8.64. The Bertz CT molecular complexity index is 800. The number of hydrogen-bond donors (Lipinski definition) is 0. The first-order valence-electron chi connectivity index (χ1n) is 6.87. The zero-order valence-corrected chi connectivity index (χ0v) is 14.7. The van der Waals surface area contributed by atoms with Gasteiger partial charge in [0, 0.05) is 10.2 Å². The van der Waals surface area contributed by atoms with Crippen molar-refractivity contribution in [2.45, 2.75) is 24.8 Å². The molecular formula is C16H15BrN4S. The van der Waals surface area contributed by atoms with Crippen LogP contribution in [0.15, 0.2) is 52.1 Å². The van der Waals surface area contributed by atoms with Crippen molar-refractivity contribution in [3.63, 3.8) is 0 Å². The summed E-state index contributed by atoms with van der Waals surface area (Å²) >= 11 is 5.13. The van der Waals surface area contributed by atoms with Crippen molar-refractivity contribution in [1.29, 1.82) is 0 Å². The van der Waals surface area contributed by atoms with E-state index >= 15 is 0 Å². The van der Waals surface area contributed by atoms with Crippen molar-refractivity contribution in [3.05, 3.63) is 63.6 Å². The van der Waals surface area contributed by atoms with Gasteiger partial charge in [-0.1, -0.05) is 52.0 Å². The maximum absolute atomic E-state index is 4.15. The van der Waals surface area contributed by atoms with Crippen molar-refractivity contribution < 1.29 is 0 Å². The molecule has 0 aliphatic rings. The average Bonchev–Trinajstić information content (AvgIpc) is 2.96. The molecule has 0 spiro atoms. The number of halogens is 1. The molecule has 1 heterocycles. The maximum atomic E-state index is 4.15. The first-order chi connectivity index (χ1) is 10.6. The lowest BCUT2D eigenvalue weighted by molar-refractivity contribution is 0.751. The summed E-state index contributed by atoms with van der Waals surface area (Å²) < 4.78 is 2.89. The molecule has 3 aromatic rings. The van der Waals surface area contributed by atoms with E-state index in [-0.39, 0.29) is 0 Å². The van der Waals surface area contributed by atoms with E-state index in [0.29, 0.717) is 0 Å². The lowest BCUT2D eigenvalue weighted by Gasteiger charge is -2.08.